The number of phenolic OH excluding ortho intramolecular Hbond substituents is 1. The van der Waals surface area contributed by atoms with Gasteiger partial charge >= 0.3 is 0 Å². The molecule has 0 spiro atoms. The smallest absolute Gasteiger partial charge is 0.259 e. The third-order valence-electron chi connectivity index (χ3n) is 3.68. The highest BCUT2D eigenvalue weighted by Crippen LogP contribution is 2.35. The van der Waals surface area contributed by atoms with Crippen LogP contribution in [0.5, 0.6) is 5.75 Å². The number of carbonyl (C=O) groups is 1. The highest BCUT2D eigenvalue weighted by atomic mass is 35.5. The number of carbonyl (C=O) groups excluding carboxylic acids is 1. The Morgan fingerprint density at radius 3 is 3.00 bits per heavy atom. The zero-order valence-corrected chi connectivity index (χ0v) is 14.6. The van der Waals surface area contributed by atoms with Crippen molar-refractivity contribution in [1.29, 1.82) is 0 Å². The van der Waals surface area contributed by atoms with Crippen molar-refractivity contribution in [1.82, 2.24) is 20.2 Å². The van der Waals surface area contributed by atoms with Gasteiger partial charge in [-0.3, -0.25) is 14.9 Å². The monoisotopic (exact) mass is 386 g/mol. The minimum absolute atomic E-state index is 0.00481. The summed E-state index contributed by atoms with van der Waals surface area (Å²) in [6.07, 6.45) is 4.47. The summed E-state index contributed by atoms with van der Waals surface area (Å²) in [6.45, 7) is 0. The molecule has 5 N–H and O–H groups in total. The number of pyridine rings is 1. The number of nitrogens with two attached hydrogens (primary N) is 1. The number of halogens is 1. The number of H-pyrrole nitrogens is 1. The fourth-order valence-corrected chi connectivity index (χ4v) is 3.42. The molecule has 4 rings (SSSR count). The van der Waals surface area contributed by atoms with Gasteiger partial charge in [0.15, 0.2) is 5.13 Å². The van der Waals surface area contributed by atoms with Crippen LogP contribution in [0.1, 0.15) is 10.4 Å². The van der Waals surface area contributed by atoms with E-state index < -0.39 is 5.91 Å². The van der Waals surface area contributed by atoms with Gasteiger partial charge in [0.2, 0.25) is 0 Å². The topological polar surface area (TPSA) is 130 Å². The number of nitrogen functional groups attached to an aromatic ring is 1. The van der Waals surface area contributed by atoms with Gasteiger partial charge in [0.25, 0.3) is 5.91 Å². The highest BCUT2D eigenvalue weighted by molar-refractivity contribution is 7.22. The zero-order chi connectivity index (χ0) is 18.3. The van der Waals surface area contributed by atoms with E-state index in [1.165, 1.54) is 29.8 Å². The summed E-state index contributed by atoms with van der Waals surface area (Å²) in [5, 5.41) is 20.3. The molecule has 0 bridgehead atoms. The van der Waals surface area contributed by atoms with Crippen molar-refractivity contribution in [2.45, 2.75) is 0 Å². The first-order chi connectivity index (χ1) is 12.5. The van der Waals surface area contributed by atoms with E-state index in [2.05, 4.69) is 25.5 Å². The van der Waals surface area contributed by atoms with Crippen LogP contribution in [-0.2, 0) is 0 Å². The predicted octanol–water partition coefficient (Wildman–Crippen LogP) is 3.27. The molecule has 0 aliphatic rings. The van der Waals surface area contributed by atoms with Gasteiger partial charge < -0.3 is 16.2 Å². The lowest BCUT2D eigenvalue weighted by molar-refractivity contribution is 0.102. The number of fused-ring (bicyclic) bond motifs is 1. The van der Waals surface area contributed by atoms with Gasteiger partial charge in [-0.2, -0.15) is 5.10 Å². The molecular formula is C16H11ClN6O2S. The molecule has 10 heteroatoms. The standard InChI is InChI=1S/C16H11ClN6O2S/c17-7-1-2-11(24)8(3-7)13-10(5-20-23-13)21-15(25)9-4-19-6-12-14(9)22-16(18)26-12/h1-6,24H,(H2,18,22)(H,20,23)(H,21,25). The van der Waals surface area contributed by atoms with Crippen molar-refractivity contribution < 1.29 is 9.90 Å². The molecule has 3 heterocycles. The van der Waals surface area contributed by atoms with E-state index in [0.717, 1.165) is 4.70 Å². The van der Waals surface area contributed by atoms with Crippen LogP contribution in [0.25, 0.3) is 21.5 Å². The second kappa shape index (κ2) is 6.28. The molecule has 0 atom stereocenters. The molecule has 1 aromatic carbocycles. The lowest BCUT2D eigenvalue weighted by atomic mass is 10.1. The number of rotatable bonds is 3. The normalized spacial score (nSPS) is 11.0. The van der Waals surface area contributed by atoms with Crippen molar-refractivity contribution in [2.24, 2.45) is 0 Å². The van der Waals surface area contributed by atoms with Crippen molar-refractivity contribution in [3.8, 4) is 17.0 Å². The van der Waals surface area contributed by atoms with E-state index in [9.17, 15) is 9.90 Å². The maximum atomic E-state index is 12.7. The lowest BCUT2D eigenvalue weighted by Gasteiger charge is -2.08. The number of hydrogen-bond donors (Lipinski definition) is 4. The van der Waals surface area contributed by atoms with E-state index in [0.29, 0.717) is 32.6 Å². The second-order valence-electron chi connectivity index (χ2n) is 5.36. The number of hydrogen-bond acceptors (Lipinski definition) is 7. The van der Waals surface area contributed by atoms with E-state index in [-0.39, 0.29) is 11.3 Å². The van der Waals surface area contributed by atoms with Crippen molar-refractivity contribution >= 4 is 49.9 Å². The lowest BCUT2D eigenvalue weighted by Crippen LogP contribution is -2.13. The average molecular weight is 387 g/mol. The Hall–Kier alpha value is -3.17. The van der Waals surface area contributed by atoms with Crippen LogP contribution in [0, 0.1) is 0 Å². The van der Waals surface area contributed by atoms with Crippen molar-refractivity contribution in [2.75, 3.05) is 11.1 Å². The molecule has 0 fully saturated rings. The van der Waals surface area contributed by atoms with E-state index in [1.807, 2.05) is 0 Å². The van der Waals surface area contributed by atoms with Crippen LogP contribution >= 0.6 is 22.9 Å². The van der Waals surface area contributed by atoms with Gasteiger partial charge in [-0.1, -0.05) is 22.9 Å². The Bertz CT molecular complexity index is 1140. The number of benzene rings is 1. The molecule has 1 amide bonds. The Morgan fingerprint density at radius 1 is 1.31 bits per heavy atom. The quantitative estimate of drug-likeness (QED) is 0.427. The van der Waals surface area contributed by atoms with Gasteiger partial charge in [0.05, 0.1) is 33.4 Å². The van der Waals surface area contributed by atoms with E-state index in [4.69, 9.17) is 17.3 Å². The van der Waals surface area contributed by atoms with E-state index >= 15 is 0 Å². The van der Waals surface area contributed by atoms with Crippen LogP contribution in [0.2, 0.25) is 5.02 Å². The average Bonchev–Trinajstić information content (AvgIpc) is 3.21. The van der Waals surface area contributed by atoms with Gasteiger partial charge in [0, 0.05) is 23.0 Å². The fraction of sp³-hybridized carbons (Fsp3) is 0. The summed E-state index contributed by atoms with van der Waals surface area (Å²) >= 11 is 7.25. The number of thiazole rings is 1. The molecule has 8 nitrogen and oxygen atoms in total. The largest absolute Gasteiger partial charge is 0.507 e. The number of aromatic amines is 1. The molecule has 0 aliphatic carbocycles. The SMILES string of the molecule is Nc1nc2c(C(=O)Nc3cn[nH]c3-c3cc(Cl)ccc3O)cncc2s1. The molecule has 0 radical (unpaired) electrons. The van der Waals surface area contributed by atoms with Crippen LogP contribution in [0.4, 0.5) is 10.8 Å². The number of amides is 1. The number of nitrogens with one attached hydrogen (secondary N) is 2. The predicted molar refractivity (Wildman–Crippen MR) is 100 cm³/mol. The molecule has 0 saturated carbocycles. The van der Waals surface area contributed by atoms with Gasteiger partial charge in [-0.05, 0) is 18.2 Å². The number of aromatic hydroxyl groups is 1. The van der Waals surface area contributed by atoms with Crippen LogP contribution in [0.15, 0.2) is 36.8 Å². The summed E-state index contributed by atoms with van der Waals surface area (Å²) in [7, 11) is 0. The summed E-state index contributed by atoms with van der Waals surface area (Å²) < 4.78 is 0.718. The molecule has 0 aliphatic heterocycles. The third-order valence-corrected chi connectivity index (χ3v) is 4.73. The first-order valence-corrected chi connectivity index (χ1v) is 8.56. The van der Waals surface area contributed by atoms with Crippen LogP contribution in [0.3, 0.4) is 0 Å². The minimum atomic E-state index is -0.419. The molecule has 0 saturated heterocycles. The number of phenols is 1. The summed E-state index contributed by atoms with van der Waals surface area (Å²) in [5.41, 5.74) is 7.72. The molecule has 26 heavy (non-hydrogen) atoms. The second-order valence-corrected chi connectivity index (χ2v) is 6.86. The zero-order valence-electron chi connectivity index (χ0n) is 13.0. The first kappa shape index (κ1) is 16.3. The maximum absolute atomic E-state index is 12.7. The molecule has 3 aromatic heterocycles. The van der Waals surface area contributed by atoms with Crippen molar-refractivity contribution in [3.63, 3.8) is 0 Å². The molecule has 130 valence electrons. The van der Waals surface area contributed by atoms with Gasteiger partial charge in [-0.25, -0.2) is 4.98 Å². The maximum Gasteiger partial charge on any atom is 0.259 e. The summed E-state index contributed by atoms with van der Waals surface area (Å²) in [4.78, 5) is 21.0. The van der Waals surface area contributed by atoms with Gasteiger partial charge in [-0.15, -0.1) is 0 Å². The Labute approximate surface area is 155 Å². The Kier molecular flexibility index (Phi) is 3.94. The minimum Gasteiger partial charge on any atom is -0.507 e. The van der Waals surface area contributed by atoms with Crippen LogP contribution < -0.4 is 11.1 Å². The number of aromatic nitrogens is 4. The highest BCUT2D eigenvalue weighted by Gasteiger charge is 2.18. The summed E-state index contributed by atoms with van der Waals surface area (Å²) in [5.74, 6) is -0.414. The Balaban J connectivity index is 1.71. The third kappa shape index (κ3) is 2.83. The molecular weight excluding hydrogens is 376 g/mol. The van der Waals surface area contributed by atoms with E-state index in [1.54, 1.807) is 18.3 Å². The summed E-state index contributed by atoms with van der Waals surface area (Å²) in [6, 6.07) is 4.60. The Morgan fingerprint density at radius 2 is 2.15 bits per heavy atom. The number of nitrogens with zero attached hydrogens (tertiary/aromatic N) is 3. The van der Waals surface area contributed by atoms with Crippen molar-refractivity contribution in [3.05, 3.63) is 47.4 Å². The van der Waals surface area contributed by atoms with Gasteiger partial charge in [0.1, 0.15) is 5.75 Å². The fourth-order valence-electron chi connectivity index (χ4n) is 2.52. The first-order valence-electron chi connectivity index (χ1n) is 7.36. The number of anilines is 2. The molecule has 4 aromatic rings. The van der Waals surface area contributed by atoms with Crippen LogP contribution in [-0.4, -0.2) is 31.2 Å². The molecule has 0 unspecified atom stereocenters.